The zero-order valence-corrected chi connectivity index (χ0v) is 9.74. The van der Waals surface area contributed by atoms with Gasteiger partial charge in [0, 0.05) is 18.6 Å². The van der Waals surface area contributed by atoms with Crippen LogP contribution in [-0.2, 0) is 13.5 Å². The molecule has 16 heavy (non-hydrogen) atoms. The van der Waals surface area contributed by atoms with E-state index in [1.165, 1.54) is 5.56 Å². The van der Waals surface area contributed by atoms with Crippen LogP contribution in [0.3, 0.4) is 0 Å². The molecule has 3 heteroatoms. The Balaban J connectivity index is 2.84. The summed E-state index contributed by atoms with van der Waals surface area (Å²) in [6, 6.07) is 6.20. The summed E-state index contributed by atoms with van der Waals surface area (Å²) in [7, 11) is 3.65. The van der Waals surface area contributed by atoms with Crippen molar-refractivity contribution in [1.29, 1.82) is 5.26 Å². The van der Waals surface area contributed by atoms with Gasteiger partial charge in [0.15, 0.2) is 0 Å². The smallest absolute Gasteiger partial charge is 0.143 e. The highest BCUT2D eigenvalue weighted by atomic mass is 16.5. The number of rotatable bonds is 2. The first-order valence-corrected chi connectivity index (χ1v) is 5.17. The molecule has 2 aromatic rings. The maximum absolute atomic E-state index is 8.82. The molecule has 0 unspecified atom stereocenters. The number of hydrogen-bond donors (Lipinski definition) is 0. The highest BCUT2D eigenvalue weighted by Crippen LogP contribution is 2.31. The third-order valence-corrected chi connectivity index (χ3v) is 2.86. The Morgan fingerprint density at radius 2 is 2.19 bits per heavy atom. The van der Waals surface area contributed by atoms with Crippen molar-refractivity contribution < 1.29 is 4.74 Å². The van der Waals surface area contributed by atoms with Crippen LogP contribution in [0.15, 0.2) is 18.3 Å². The van der Waals surface area contributed by atoms with Gasteiger partial charge in [-0.1, -0.05) is 6.07 Å². The summed E-state index contributed by atoms with van der Waals surface area (Å²) in [4.78, 5) is 0. The Labute approximate surface area is 94.9 Å². The molecule has 0 spiro atoms. The van der Waals surface area contributed by atoms with Gasteiger partial charge < -0.3 is 9.30 Å². The predicted octanol–water partition coefficient (Wildman–Crippen LogP) is 2.56. The van der Waals surface area contributed by atoms with E-state index in [1.54, 1.807) is 7.11 Å². The lowest BCUT2D eigenvalue weighted by Gasteiger charge is -2.06. The van der Waals surface area contributed by atoms with E-state index in [1.807, 2.05) is 29.9 Å². The molecule has 1 aromatic heterocycles. The van der Waals surface area contributed by atoms with Gasteiger partial charge in [-0.25, -0.2) is 0 Å². The summed E-state index contributed by atoms with van der Waals surface area (Å²) in [5, 5.41) is 9.96. The highest BCUT2D eigenvalue weighted by molar-refractivity contribution is 5.92. The summed E-state index contributed by atoms with van der Waals surface area (Å²) in [5.74, 6) is 0.854. The van der Waals surface area contributed by atoms with E-state index in [0.29, 0.717) is 6.42 Å². The molecule has 0 atom stereocenters. The van der Waals surface area contributed by atoms with Gasteiger partial charge in [-0.15, -0.1) is 0 Å². The lowest BCUT2D eigenvalue weighted by Crippen LogP contribution is -1.91. The van der Waals surface area contributed by atoms with E-state index in [0.717, 1.165) is 22.2 Å². The second-order valence-corrected chi connectivity index (χ2v) is 3.91. The first-order valence-electron chi connectivity index (χ1n) is 5.17. The quantitative estimate of drug-likeness (QED) is 0.770. The van der Waals surface area contributed by atoms with Crippen LogP contribution in [0.5, 0.6) is 5.75 Å². The van der Waals surface area contributed by atoms with E-state index in [4.69, 9.17) is 10.00 Å². The fraction of sp³-hybridized carbons (Fsp3) is 0.308. The highest BCUT2D eigenvalue weighted by Gasteiger charge is 2.12. The number of benzene rings is 1. The van der Waals surface area contributed by atoms with E-state index < -0.39 is 0 Å². The number of methoxy groups -OCH3 is 1. The minimum absolute atomic E-state index is 0.436. The average molecular weight is 214 g/mol. The number of nitriles is 1. The normalized spacial score (nSPS) is 10.4. The molecule has 0 radical (unpaired) electrons. The second-order valence-electron chi connectivity index (χ2n) is 3.91. The van der Waals surface area contributed by atoms with Crippen LogP contribution in [0.2, 0.25) is 0 Å². The number of aromatic nitrogens is 1. The summed E-state index contributed by atoms with van der Waals surface area (Å²) in [5.41, 5.74) is 3.31. The molecular weight excluding hydrogens is 200 g/mol. The van der Waals surface area contributed by atoms with Crippen LogP contribution in [0, 0.1) is 18.3 Å². The fourth-order valence-corrected chi connectivity index (χ4v) is 2.18. The van der Waals surface area contributed by atoms with Gasteiger partial charge in [0.1, 0.15) is 5.75 Å². The van der Waals surface area contributed by atoms with Crippen LogP contribution >= 0.6 is 0 Å². The Morgan fingerprint density at radius 1 is 1.44 bits per heavy atom. The minimum atomic E-state index is 0.436. The van der Waals surface area contributed by atoms with Gasteiger partial charge in [-0.2, -0.15) is 5.26 Å². The monoisotopic (exact) mass is 214 g/mol. The van der Waals surface area contributed by atoms with Gasteiger partial charge in [-0.3, -0.25) is 0 Å². The average Bonchev–Trinajstić information content (AvgIpc) is 2.59. The number of nitrogens with zero attached hydrogens (tertiary/aromatic N) is 2. The van der Waals surface area contributed by atoms with E-state index in [2.05, 4.69) is 13.0 Å². The lowest BCUT2D eigenvalue weighted by molar-refractivity contribution is 0.418. The first-order chi connectivity index (χ1) is 7.69. The molecule has 1 aromatic carbocycles. The van der Waals surface area contributed by atoms with Gasteiger partial charge in [0.05, 0.1) is 25.1 Å². The van der Waals surface area contributed by atoms with Crippen molar-refractivity contribution in [3.05, 3.63) is 29.5 Å². The van der Waals surface area contributed by atoms with Crippen LogP contribution in [-0.4, -0.2) is 11.7 Å². The third kappa shape index (κ3) is 1.43. The Bertz CT molecular complexity index is 576. The molecule has 0 bridgehead atoms. The molecule has 0 aliphatic carbocycles. The van der Waals surface area contributed by atoms with E-state index in [-0.39, 0.29) is 0 Å². The van der Waals surface area contributed by atoms with Gasteiger partial charge in [-0.05, 0) is 24.1 Å². The second kappa shape index (κ2) is 3.90. The summed E-state index contributed by atoms with van der Waals surface area (Å²) in [6.45, 7) is 2.06. The summed E-state index contributed by atoms with van der Waals surface area (Å²) >= 11 is 0. The Kier molecular flexibility index (Phi) is 2.57. The van der Waals surface area contributed by atoms with Crippen molar-refractivity contribution in [2.45, 2.75) is 13.3 Å². The standard InChI is InChI=1S/C13H14N2O/c1-9-4-5-11(16-3)13-12(9)10(6-7-14)8-15(13)2/h4-5,8H,6H2,1-3H3. The van der Waals surface area contributed by atoms with Crippen molar-refractivity contribution in [3.8, 4) is 11.8 Å². The maximum Gasteiger partial charge on any atom is 0.143 e. The molecule has 0 aliphatic rings. The van der Waals surface area contributed by atoms with Gasteiger partial charge in [0.2, 0.25) is 0 Å². The Morgan fingerprint density at radius 3 is 2.81 bits per heavy atom. The van der Waals surface area contributed by atoms with Gasteiger partial charge >= 0.3 is 0 Å². The van der Waals surface area contributed by atoms with Gasteiger partial charge in [0.25, 0.3) is 0 Å². The molecule has 0 fully saturated rings. The zero-order chi connectivity index (χ0) is 11.7. The molecule has 1 heterocycles. The van der Waals surface area contributed by atoms with Crippen molar-refractivity contribution in [2.24, 2.45) is 7.05 Å². The van der Waals surface area contributed by atoms with Crippen molar-refractivity contribution in [2.75, 3.05) is 7.11 Å². The van der Waals surface area contributed by atoms with Crippen molar-refractivity contribution >= 4 is 10.9 Å². The predicted molar refractivity (Wildman–Crippen MR) is 63.5 cm³/mol. The SMILES string of the molecule is COc1ccc(C)c2c(CC#N)cn(C)c12. The largest absolute Gasteiger partial charge is 0.495 e. The number of fused-ring (bicyclic) bond motifs is 1. The van der Waals surface area contributed by atoms with Crippen molar-refractivity contribution in [3.63, 3.8) is 0 Å². The minimum Gasteiger partial charge on any atom is -0.495 e. The van der Waals surface area contributed by atoms with Crippen LogP contribution in [0.4, 0.5) is 0 Å². The summed E-state index contributed by atoms with van der Waals surface area (Å²) < 4.78 is 7.37. The summed E-state index contributed by atoms with van der Waals surface area (Å²) in [6.07, 6.45) is 2.44. The molecule has 0 saturated carbocycles. The molecule has 0 amide bonds. The molecule has 0 saturated heterocycles. The van der Waals surface area contributed by atoms with E-state index in [9.17, 15) is 0 Å². The molecule has 0 N–H and O–H groups in total. The maximum atomic E-state index is 8.82. The lowest BCUT2D eigenvalue weighted by atomic mass is 10.1. The number of aryl methyl sites for hydroxylation is 2. The topological polar surface area (TPSA) is 37.9 Å². The number of ether oxygens (including phenoxy) is 1. The first kappa shape index (κ1) is 10.6. The number of hydrogen-bond acceptors (Lipinski definition) is 2. The van der Waals surface area contributed by atoms with E-state index >= 15 is 0 Å². The molecule has 3 nitrogen and oxygen atoms in total. The third-order valence-electron chi connectivity index (χ3n) is 2.86. The van der Waals surface area contributed by atoms with Crippen molar-refractivity contribution in [1.82, 2.24) is 4.57 Å². The molecule has 82 valence electrons. The van der Waals surface area contributed by atoms with Crippen LogP contribution in [0.25, 0.3) is 10.9 Å². The molecular formula is C13H14N2O. The molecule has 2 rings (SSSR count). The fourth-order valence-electron chi connectivity index (χ4n) is 2.18. The van der Waals surface area contributed by atoms with Crippen LogP contribution in [0.1, 0.15) is 11.1 Å². The zero-order valence-electron chi connectivity index (χ0n) is 9.74. The van der Waals surface area contributed by atoms with Crippen LogP contribution < -0.4 is 4.74 Å². The Hall–Kier alpha value is -1.95. The molecule has 0 aliphatic heterocycles.